The van der Waals surface area contributed by atoms with E-state index in [-0.39, 0.29) is 18.2 Å². The molecule has 0 aliphatic heterocycles. The Morgan fingerprint density at radius 1 is 1.24 bits per heavy atom. The molecule has 0 unspecified atom stereocenters. The number of rotatable bonds is 8. The highest BCUT2D eigenvalue weighted by atomic mass is 32.2. The van der Waals surface area contributed by atoms with E-state index in [1.165, 1.54) is 11.8 Å². The van der Waals surface area contributed by atoms with Gasteiger partial charge < -0.3 is 10.6 Å². The molecule has 0 saturated heterocycles. The smallest absolute Gasteiger partial charge is 0.237 e. The van der Waals surface area contributed by atoms with Crippen molar-refractivity contribution >= 4 is 23.6 Å². The first kappa shape index (κ1) is 19.0. The minimum Gasteiger partial charge on any atom is -0.368 e. The van der Waals surface area contributed by atoms with Gasteiger partial charge in [-0.1, -0.05) is 35.5 Å². The monoisotopic (exact) mass is 361 g/mol. The number of thioether (sulfide) groups is 1. The zero-order chi connectivity index (χ0) is 18.4. The van der Waals surface area contributed by atoms with E-state index in [2.05, 4.69) is 10.2 Å². The van der Waals surface area contributed by atoms with Gasteiger partial charge in [0.25, 0.3) is 0 Å². The van der Waals surface area contributed by atoms with Crippen molar-refractivity contribution in [1.29, 1.82) is 0 Å². The third-order valence-electron chi connectivity index (χ3n) is 3.75. The molecule has 0 atom stereocenters. The van der Waals surface area contributed by atoms with Crippen molar-refractivity contribution in [3.05, 3.63) is 29.8 Å². The van der Waals surface area contributed by atoms with Crippen LogP contribution in [0.15, 0.2) is 29.4 Å². The number of aromatic nitrogens is 3. The summed E-state index contributed by atoms with van der Waals surface area (Å²) in [5.41, 5.74) is 7.31. The van der Waals surface area contributed by atoms with E-state index in [0.717, 1.165) is 11.1 Å². The van der Waals surface area contributed by atoms with Crippen molar-refractivity contribution in [2.45, 2.75) is 32.5 Å². The number of primary amides is 1. The first-order chi connectivity index (χ1) is 12.0. The normalized spacial score (nSPS) is 10.7. The second kappa shape index (κ2) is 8.66. The van der Waals surface area contributed by atoms with Crippen LogP contribution in [0.25, 0.3) is 11.4 Å². The summed E-state index contributed by atoms with van der Waals surface area (Å²) in [5, 5.41) is 8.87. The number of nitrogens with two attached hydrogens (primary N) is 1. The molecule has 8 heteroatoms. The van der Waals surface area contributed by atoms with Gasteiger partial charge in [-0.3, -0.25) is 14.2 Å². The van der Waals surface area contributed by atoms with Gasteiger partial charge in [-0.05, 0) is 26.8 Å². The van der Waals surface area contributed by atoms with Gasteiger partial charge in [0.15, 0.2) is 11.0 Å². The lowest BCUT2D eigenvalue weighted by Crippen LogP contribution is -2.32. The summed E-state index contributed by atoms with van der Waals surface area (Å²) >= 11 is 1.27. The number of benzene rings is 1. The van der Waals surface area contributed by atoms with Crippen LogP contribution < -0.4 is 5.73 Å². The van der Waals surface area contributed by atoms with E-state index in [1.807, 2.05) is 45.0 Å². The second-order valence-corrected chi connectivity index (χ2v) is 6.53. The highest BCUT2D eigenvalue weighted by Crippen LogP contribution is 2.24. The van der Waals surface area contributed by atoms with Crippen LogP contribution in [0.5, 0.6) is 0 Å². The molecule has 0 aliphatic carbocycles. The lowest BCUT2D eigenvalue weighted by atomic mass is 10.1. The molecule has 2 N–H and O–H groups in total. The predicted molar refractivity (Wildman–Crippen MR) is 98.0 cm³/mol. The molecule has 0 saturated carbocycles. The topological polar surface area (TPSA) is 94.1 Å². The third kappa shape index (κ3) is 4.82. The summed E-state index contributed by atoms with van der Waals surface area (Å²) < 4.78 is 1.66. The van der Waals surface area contributed by atoms with E-state index >= 15 is 0 Å². The lowest BCUT2D eigenvalue weighted by molar-refractivity contribution is -0.128. The van der Waals surface area contributed by atoms with Gasteiger partial charge >= 0.3 is 0 Å². The Hall–Kier alpha value is -2.35. The fraction of sp³-hybridized carbons (Fsp3) is 0.412. The molecule has 25 heavy (non-hydrogen) atoms. The van der Waals surface area contributed by atoms with Gasteiger partial charge in [0.05, 0.1) is 5.75 Å². The Morgan fingerprint density at radius 3 is 2.56 bits per heavy atom. The fourth-order valence-electron chi connectivity index (χ4n) is 2.49. The Morgan fingerprint density at radius 2 is 1.96 bits per heavy atom. The number of carbonyl (C=O) groups is 2. The van der Waals surface area contributed by atoms with E-state index in [1.54, 1.807) is 9.47 Å². The Kier molecular flexibility index (Phi) is 6.58. The molecule has 0 spiro atoms. The lowest BCUT2D eigenvalue weighted by Gasteiger charge is -2.18. The minimum atomic E-state index is -0.481. The minimum absolute atomic E-state index is 0.0285. The van der Waals surface area contributed by atoms with Gasteiger partial charge in [-0.25, -0.2) is 0 Å². The predicted octanol–water partition coefficient (Wildman–Crippen LogP) is 1.70. The largest absolute Gasteiger partial charge is 0.368 e. The van der Waals surface area contributed by atoms with Crippen LogP contribution in [0.1, 0.15) is 19.4 Å². The van der Waals surface area contributed by atoms with Gasteiger partial charge in [0.1, 0.15) is 6.54 Å². The van der Waals surface area contributed by atoms with Crippen LogP contribution >= 0.6 is 11.8 Å². The molecule has 0 fully saturated rings. The number of aryl methyl sites for hydroxylation is 1. The molecule has 0 aliphatic rings. The molecule has 1 aromatic carbocycles. The Labute approximate surface area is 151 Å². The molecule has 7 nitrogen and oxygen atoms in total. The molecule has 2 amide bonds. The molecule has 1 aromatic heterocycles. The maximum absolute atomic E-state index is 12.2. The van der Waals surface area contributed by atoms with Crippen LogP contribution in [0.2, 0.25) is 0 Å². The molecule has 134 valence electrons. The van der Waals surface area contributed by atoms with Crippen molar-refractivity contribution in [3.8, 4) is 11.4 Å². The molecule has 0 bridgehead atoms. The van der Waals surface area contributed by atoms with E-state index in [4.69, 9.17) is 5.73 Å². The summed E-state index contributed by atoms with van der Waals surface area (Å²) in [6.45, 7) is 7.17. The highest BCUT2D eigenvalue weighted by Gasteiger charge is 2.18. The zero-order valence-electron chi connectivity index (χ0n) is 14.7. The first-order valence-corrected chi connectivity index (χ1v) is 9.13. The van der Waals surface area contributed by atoms with Crippen LogP contribution in [0, 0.1) is 6.92 Å². The van der Waals surface area contributed by atoms with Gasteiger partial charge in [-0.15, -0.1) is 10.2 Å². The number of hydrogen-bond acceptors (Lipinski definition) is 5. The quantitative estimate of drug-likeness (QED) is 0.722. The number of amides is 2. The standard InChI is InChI=1S/C17H23N5O2S/c1-4-21(5-2)15(24)11-25-17-20-19-16(22(17)10-14(18)23)13-8-6-7-12(3)9-13/h6-9H,4-5,10-11H2,1-3H3,(H2,18,23). The maximum Gasteiger partial charge on any atom is 0.237 e. The average molecular weight is 361 g/mol. The molecule has 2 rings (SSSR count). The highest BCUT2D eigenvalue weighted by molar-refractivity contribution is 7.99. The number of nitrogens with zero attached hydrogens (tertiary/aromatic N) is 4. The number of hydrogen-bond donors (Lipinski definition) is 1. The van der Waals surface area contributed by atoms with E-state index in [0.29, 0.717) is 24.1 Å². The second-order valence-electron chi connectivity index (χ2n) is 5.58. The summed E-state index contributed by atoms with van der Waals surface area (Å²) in [6.07, 6.45) is 0. The molecular formula is C17H23N5O2S. The van der Waals surface area contributed by atoms with Crippen LogP contribution in [-0.4, -0.2) is 50.3 Å². The van der Waals surface area contributed by atoms with Crippen molar-refractivity contribution in [1.82, 2.24) is 19.7 Å². The molecule has 1 heterocycles. The molecular weight excluding hydrogens is 338 g/mol. The van der Waals surface area contributed by atoms with Crippen molar-refractivity contribution < 1.29 is 9.59 Å². The molecule has 0 radical (unpaired) electrons. The summed E-state index contributed by atoms with van der Waals surface area (Å²) in [6, 6.07) is 7.78. The van der Waals surface area contributed by atoms with E-state index in [9.17, 15) is 9.59 Å². The SMILES string of the molecule is CCN(CC)C(=O)CSc1nnc(-c2cccc(C)c2)n1CC(N)=O. The Bertz CT molecular complexity index is 755. The number of carbonyl (C=O) groups excluding carboxylic acids is 2. The average Bonchev–Trinajstić information content (AvgIpc) is 2.96. The summed E-state index contributed by atoms with van der Waals surface area (Å²) in [7, 11) is 0. The van der Waals surface area contributed by atoms with Gasteiger partial charge in [-0.2, -0.15) is 0 Å². The Balaban J connectivity index is 2.26. The fourth-order valence-corrected chi connectivity index (χ4v) is 3.33. The first-order valence-electron chi connectivity index (χ1n) is 8.15. The van der Waals surface area contributed by atoms with Gasteiger partial charge in [0, 0.05) is 18.7 Å². The zero-order valence-corrected chi connectivity index (χ0v) is 15.5. The van der Waals surface area contributed by atoms with Crippen molar-refractivity contribution in [2.75, 3.05) is 18.8 Å². The maximum atomic E-state index is 12.2. The van der Waals surface area contributed by atoms with Crippen LogP contribution in [0.4, 0.5) is 0 Å². The van der Waals surface area contributed by atoms with Gasteiger partial charge in [0.2, 0.25) is 11.8 Å². The third-order valence-corrected chi connectivity index (χ3v) is 4.70. The van der Waals surface area contributed by atoms with Crippen molar-refractivity contribution in [2.24, 2.45) is 5.73 Å². The van der Waals surface area contributed by atoms with Crippen molar-refractivity contribution in [3.63, 3.8) is 0 Å². The van der Waals surface area contributed by atoms with E-state index < -0.39 is 5.91 Å². The van der Waals surface area contributed by atoms with Crippen LogP contribution in [0.3, 0.4) is 0 Å². The summed E-state index contributed by atoms with van der Waals surface area (Å²) in [4.78, 5) is 25.4. The van der Waals surface area contributed by atoms with Crippen LogP contribution in [-0.2, 0) is 16.1 Å². The molecule has 2 aromatic rings. The summed E-state index contributed by atoms with van der Waals surface area (Å²) in [5.74, 6) is 0.360.